The van der Waals surface area contributed by atoms with Crippen LogP contribution in [0.3, 0.4) is 0 Å². The molecule has 0 unspecified atom stereocenters. The Morgan fingerprint density at radius 2 is 1.94 bits per heavy atom. The van der Waals surface area contributed by atoms with Crippen LogP contribution in [0.25, 0.3) is 0 Å². The molecule has 1 aliphatic heterocycles. The molecule has 3 heteroatoms. The maximum absolute atomic E-state index is 11.7. The van der Waals surface area contributed by atoms with E-state index in [1.165, 1.54) is 32.1 Å². The van der Waals surface area contributed by atoms with Crippen LogP contribution in [0, 0.1) is 0 Å². The van der Waals surface area contributed by atoms with Gasteiger partial charge in [-0.2, -0.15) is 0 Å². The first-order chi connectivity index (χ1) is 7.84. The van der Waals surface area contributed by atoms with E-state index in [1.54, 1.807) is 0 Å². The third kappa shape index (κ3) is 3.78. The van der Waals surface area contributed by atoms with Crippen LogP contribution in [0.1, 0.15) is 57.8 Å². The summed E-state index contributed by atoms with van der Waals surface area (Å²) >= 11 is 0. The number of ether oxygens (including phenoxy) is 1. The van der Waals surface area contributed by atoms with Gasteiger partial charge < -0.3 is 10.1 Å². The van der Waals surface area contributed by atoms with Gasteiger partial charge in [-0.05, 0) is 32.1 Å². The fourth-order valence-electron chi connectivity index (χ4n) is 2.71. The van der Waals surface area contributed by atoms with E-state index in [1.807, 2.05) is 0 Å². The van der Waals surface area contributed by atoms with Crippen LogP contribution in [0.5, 0.6) is 0 Å². The fourth-order valence-corrected chi connectivity index (χ4v) is 2.71. The van der Waals surface area contributed by atoms with Crippen molar-refractivity contribution >= 4 is 5.91 Å². The Morgan fingerprint density at radius 3 is 2.62 bits per heavy atom. The number of amides is 1. The second-order valence-electron chi connectivity index (χ2n) is 5.08. The normalized spacial score (nSPS) is 26.9. The van der Waals surface area contributed by atoms with Crippen LogP contribution >= 0.6 is 0 Å². The quantitative estimate of drug-likeness (QED) is 0.798. The summed E-state index contributed by atoms with van der Waals surface area (Å²) < 4.78 is 5.51. The van der Waals surface area contributed by atoms with Crippen LogP contribution in [0.4, 0.5) is 0 Å². The Bertz CT molecular complexity index is 218. The Hall–Kier alpha value is -0.570. The lowest BCUT2D eigenvalue weighted by atomic mass is 9.95. The zero-order valence-corrected chi connectivity index (χ0v) is 10.0. The predicted molar refractivity (Wildman–Crippen MR) is 63.2 cm³/mol. The molecule has 1 aliphatic carbocycles. The monoisotopic (exact) mass is 225 g/mol. The molecule has 0 aromatic rings. The van der Waals surface area contributed by atoms with Crippen LogP contribution < -0.4 is 5.32 Å². The van der Waals surface area contributed by atoms with Gasteiger partial charge >= 0.3 is 0 Å². The summed E-state index contributed by atoms with van der Waals surface area (Å²) in [5.74, 6) is 0.224. The number of nitrogens with one attached hydrogen (secondary N) is 1. The third-order valence-electron chi connectivity index (χ3n) is 3.69. The Kier molecular flexibility index (Phi) is 4.64. The van der Waals surface area contributed by atoms with Crippen molar-refractivity contribution in [1.29, 1.82) is 0 Å². The molecule has 0 spiro atoms. The standard InChI is InChI=1S/C13H23NO2/c15-13(9-8-12-7-4-10-16-12)14-11-5-2-1-3-6-11/h11-12H,1-10H2,(H,14,15)/t12-/m0/s1. The summed E-state index contributed by atoms with van der Waals surface area (Å²) in [6, 6.07) is 0.450. The average molecular weight is 225 g/mol. The summed E-state index contributed by atoms with van der Waals surface area (Å²) in [6.07, 6.45) is 10.4. The van der Waals surface area contributed by atoms with Crippen molar-refractivity contribution in [1.82, 2.24) is 5.32 Å². The lowest BCUT2D eigenvalue weighted by Crippen LogP contribution is -2.36. The van der Waals surface area contributed by atoms with Gasteiger partial charge in [0, 0.05) is 19.1 Å². The number of hydrogen-bond donors (Lipinski definition) is 1. The molecule has 3 nitrogen and oxygen atoms in total. The summed E-state index contributed by atoms with van der Waals surface area (Å²) in [4.78, 5) is 11.7. The van der Waals surface area contributed by atoms with Crippen molar-refractivity contribution in [2.75, 3.05) is 6.61 Å². The van der Waals surface area contributed by atoms with Gasteiger partial charge in [0.1, 0.15) is 0 Å². The molecule has 1 saturated carbocycles. The molecule has 2 rings (SSSR count). The number of rotatable bonds is 4. The van der Waals surface area contributed by atoms with Gasteiger partial charge in [-0.1, -0.05) is 19.3 Å². The van der Waals surface area contributed by atoms with Crippen molar-refractivity contribution < 1.29 is 9.53 Å². The minimum absolute atomic E-state index is 0.224. The highest BCUT2D eigenvalue weighted by Gasteiger charge is 2.19. The minimum atomic E-state index is 0.224. The highest BCUT2D eigenvalue weighted by molar-refractivity contribution is 5.76. The topological polar surface area (TPSA) is 38.3 Å². The SMILES string of the molecule is O=C(CC[C@@H]1CCCO1)NC1CCCCC1. The van der Waals surface area contributed by atoms with E-state index in [2.05, 4.69) is 5.32 Å². The van der Waals surface area contributed by atoms with E-state index >= 15 is 0 Å². The zero-order chi connectivity index (χ0) is 11.2. The third-order valence-corrected chi connectivity index (χ3v) is 3.69. The molecule has 16 heavy (non-hydrogen) atoms. The second-order valence-corrected chi connectivity index (χ2v) is 5.08. The largest absolute Gasteiger partial charge is 0.378 e. The van der Waals surface area contributed by atoms with Gasteiger partial charge in [0.15, 0.2) is 0 Å². The molecule has 1 N–H and O–H groups in total. The fraction of sp³-hybridized carbons (Fsp3) is 0.923. The predicted octanol–water partition coefficient (Wildman–Crippen LogP) is 2.39. The van der Waals surface area contributed by atoms with Crippen molar-refractivity contribution in [2.24, 2.45) is 0 Å². The molecule has 0 aromatic carbocycles. The number of hydrogen-bond acceptors (Lipinski definition) is 2. The van der Waals surface area contributed by atoms with Crippen LogP contribution in [0.2, 0.25) is 0 Å². The maximum atomic E-state index is 11.7. The molecule has 2 aliphatic rings. The maximum Gasteiger partial charge on any atom is 0.220 e. The lowest BCUT2D eigenvalue weighted by molar-refractivity contribution is -0.122. The van der Waals surface area contributed by atoms with Crippen molar-refractivity contribution in [2.45, 2.75) is 69.9 Å². The van der Waals surface area contributed by atoms with E-state index in [4.69, 9.17) is 4.74 Å². The van der Waals surface area contributed by atoms with E-state index in [0.717, 1.165) is 25.9 Å². The number of carbonyl (C=O) groups is 1. The summed E-state index contributed by atoms with van der Waals surface area (Å²) in [6.45, 7) is 0.884. The summed E-state index contributed by atoms with van der Waals surface area (Å²) in [5.41, 5.74) is 0. The summed E-state index contributed by atoms with van der Waals surface area (Å²) in [5, 5.41) is 3.15. The summed E-state index contributed by atoms with van der Waals surface area (Å²) in [7, 11) is 0. The van der Waals surface area contributed by atoms with Crippen LogP contribution in [-0.2, 0) is 9.53 Å². The highest BCUT2D eigenvalue weighted by Crippen LogP contribution is 2.19. The van der Waals surface area contributed by atoms with E-state index < -0.39 is 0 Å². The average Bonchev–Trinajstić information content (AvgIpc) is 2.81. The van der Waals surface area contributed by atoms with Gasteiger partial charge in [0.2, 0.25) is 5.91 Å². The van der Waals surface area contributed by atoms with Gasteiger partial charge in [0.05, 0.1) is 6.10 Å². The van der Waals surface area contributed by atoms with Crippen LogP contribution in [-0.4, -0.2) is 24.7 Å². The first kappa shape index (κ1) is 11.9. The number of carbonyl (C=O) groups excluding carboxylic acids is 1. The van der Waals surface area contributed by atoms with Crippen molar-refractivity contribution in [3.05, 3.63) is 0 Å². The first-order valence-corrected chi connectivity index (χ1v) is 6.75. The Morgan fingerprint density at radius 1 is 1.12 bits per heavy atom. The van der Waals surface area contributed by atoms with Gasteiger partial charge in [-0.15, -0.1) is 0 Å². The molecular formula is C13H23NO2. The molecule has 0 aromatic heterocycles. The van der Waals surface area contributed by atoms with Crippen LogP contribution in [0.15, 0.2) is 0 Å². The molecule has 0 radical (unpaired) electrons. The Balaban J connectivity index is 1.59. The van der Waals surface area contributed by atoms with Crippen molar-refractivity contribution in [3.8, 4) is 0 Å². The smallest absolute Gasteiger partial charge is 0.220 e. The first-order valence-electron chi connectivity index (χ1n) is 6.75. The van der Waals surface area contributed by atoms with Crippen molar-refractivity contribution in [3.63, 3.8) is 0 Å². The lowest BCUT2D eigenvalue weighted by Gasteiger charge is -2.23. The molecule has 2 fully saturated rings. The highest BCUT2D eigenvalue weighted by atomic mass is 16.5. The van der Waals surface area contributed by atoms with Gasteiger partial charge in [0.25, 0.3) is 0 Å². The van der Waals surface area contributed by atoms with E-state index in [9.17, 15) is 4.79 Å². The molecule has 1 heterocycles. The van der Waals surface area contributed by atoms with E-state index in [-0.39, 0.29) is 5.91 Å². The Labute approximate surface area is 97.9 Å². The molecule has 92 valence electrons. The molecular weight excluding hydrogens is 202 g/mol. The second kappa shape index (κ2) is 6.24. The van der Waals surface area contributed by atoms with Gasteiger partial charge in [-0.25, -0.2) is 0 Å². The molecule has 0 bridgehead atoms. The minimum Gasteiger partial charge on any atom is -0.378 e. The molecule has 1 saturated heterocycles. The molecule has 1 amide bonds. The van der Waals surface area contributed by atoms with E-state index in [0.29, 0.717) is 18.6 Å². The van der Waals surface area contributed by atoms with Gasteiger partial charge in [-0.3, -0.25) is 4.79 Å². The molecule has 1 atom stereocenters. The zero-order valence-electron chi connectivity index (χ0n) is 10.0.